The molecule has 0 aliphatic heterocycles. The highest BCUT2D eigenvalue weighted by molar-refractivity contribution is 6.30. The number of amides is 1. The van der Waals surface area contributed by atoms with E-state index in [1.165, 1.54) is 0 Å². The molecule has 0 fully saturated rings. The summed E-state index contributed by atoms with van der Waals surface area (Å²) in [7, 11) is 0. The average Bonchev–Trinajstić information content (AvgIpc) is 2.61. The van der Waals surface area contributed by atoms with Gasteiger partial charge in [-0.05, 0) is 48.6 Å². The summed E-state index contributed by atoms with van der Waals surface area (Å²) in [5.41, 5.74) is 4.29. The largest absolute Gasteiger partial charge is 0.304 e. The van der Waals surface area contributed by atoms with E-state index in [1.807, 2.05) is 36.1 Å². The summed E-state index contributed by atoms with van der Waals surface area (Å²) in [5.74, 6) is -0.147. The van der Waals surface area contributed by atoms with E-state index < -0.39 is 0 Å². The van der Waals surface area contributed by atoms with Crippen LogP contribution in [-0.2, 0) is 17.6 Å². The van der Waals surface area contributed by atoms with Gasteiger partial charge in [0.05, 0.1) is 11.7 Å². The third kappa shape index (κ3) is 3.93. The Labute approximate surface area is 154 Å². The van der Waals surface area contributed by atoms with Gasteiger partial charge >= 0.3 is 0 Å². The van der Waals surface area contributed by atoms with Crippen LogP contribution in [0.25, 0.3) is 0 Å². The van der Waals surface area contributed by atoms with Crippen molar-refractivity contribution >= 4 is 34.8 Å². The quantitative estimate of drug-likeness (QED) is 0.594. The molecule has 0 saturated carbocycles. The first-order chi connectivity index (χ1) is 11.5. The average molecular weight is 364 g/mol. The molecule has 2 rings (SSSR count). The van der Waals surface area contributed by atoms with Gasteiger partial charge in [-0.2, -0.15) is 0 Å². The van der Waals surface area contributed by atoms with Crippen LogP contribution in [-0.4, -0.2) is 11.8 Å². The number of benzene rings is 2. The highest BCUT2D eigenvalue weighted by Gasteiger charge is 2.26. The first kappa shape index (κ1) is 18.8. The maximum atomic E-state index is 12.7. The van der Waals surface area contributed by atoms with Gasteiger partial charge in [-0.3, -0.25) is 4.79 Å². The number of nitrogens with zero attached hydrogens (tertiary/aromatic N) is 1. The molecule has 0 saturated heterocycles. The molecule has 0 radical (unpaired) electrons. The highest BCUT2D eigenvalue weighted by Crippen LogP contribution is 2.34. The fraction of sp³-hybridized carbons (Fsp3) is 0.350. The summed E-state index contributed by atoms with van der Waals surface area (Å²) in [4.78, 5) is 14.5. The van der Waals surface area contributed by atoms with Crippen LogP contribution in [0.4, 0.5) is 5.69 Å². The van der Waals surface area contributed by atoms with Crippen LogP contribution >= 0.6 is 23.2 Å². The predicted molar refractivity (Wildman–Crippen MR) is 103 cm³/mol. The summed E-state index contributed by atoms with van der Waals surface area (Å²) >= 11 is 12.1. The van der Waals surface area contributed by atoms with Crippen molar-refractivity contribution in [3.05, 3.63) is 64.2 Å². The SMILES string of the molecule is CCc1cccc(CC)c1N(C(=O)CCl)C(C)c1cccc(Cl)c1. The zero-order chi connectivity index (χ0) is 17.7. The Bertz CT molecular complexity index is 692. The van der Waals surface area contributed by atoms with Gasteiger partial charge < -0.3 is 4.90 Å². The Morgan fingerprint density at radius 1 is 1.08 bits per heavy atom. The molecule has 0 N–H and O–H groups in total. The van der Waals surface area contributed by atoms with Crippen molar-refractivity contribution in [2.75, 3.05) is 10.8 Å². The minimum atomic E-state index is -0.145. The summed E-state index contributed by atoms with van der Waals surface area (Å²) in [6.07, 6.45) is 1.72. The van der Waals surface area contributed by atoms with Gasteiger partial charge in [0.2, 0.25) is 5.91 Å². The molecule has 2 nitrogen and oxygen atoms in total. The molecular formula is C20H23Cl2NO. The number of rotatable bonds is 6. The highest BCUT2D eigenvalue weighted by atomic mass is 35.5. The normalized spacial score (nSPS) is 12.0. The summed E-state index contributed by atoms with van der Waals surface area (Å²) < 4.78 is 0. The lowest BCUT2D eigenvalue weighted by Crippen LogP contribution is -2.36. The molecule has 1 unspecified atom stereocenters. The topological polar surface area (TPSA) is 20.3 Å². The fourth-order valence-electron chi connectivity index (χ4n) is 3.04. The molecule has 0 aliphatic carbocycles. The Kier molecular flexibility index (Phi) is 6.70. The lowest BCUT2D eigenvalue weighted by molar-refractivity contribution is -0.116. The number of hydrogen-bond acceptors (Lipinski definition) is 1. The molecule has 0 bridgehead atoms. The molecule has 0 aliphatic rings. The Hall–Kier alpha value is -1.51. The Morgan fingerprint density at radius 2 is 1.67 bits per heavy atom. The minimum Gasteiger partial charge on any atom is -0.304 e. The third-order valence-corrected chi connectivity index (χ3v) is 4.77. The monoisotopic (exact) mass is 363 g/mol. The number of aryl methyl sites for hydroxylation is 2. The first-order valence-corrected chi connectivity index (χ1v) is 9.18. The maximum absolute atomic E-state index is 12.7. The maximum Gasteiger partial charge on any atom is 0.242 e. The predicted octanol–water partition coefficient (Wildman–Crippen LogP) is 5.80. The van der Waals surface area contributed by atoms with Gasteiger partial charge in [-0.25, -0.2) is 0 Å². The second-order valence-electron chi connectivity index (χ2n) is 5.76. The van der Waals surface area contributed by atoms with E-state index in [0.29, 0.717) is 5.02 Å². The molecule has 0 aromatic heterocycles. The van der Waals surface area contributed by atoms with Crippen molar-refractivity contribution in [2.45, 2.75) is 39.7 Å². The number of para-hydroxylation sites is 1. The van der Waals surface area contributed by atoms with Crippen LogP contribution in [0.15, 0.2) is 42.5 Å². The molecule has 2 aromatic carbocycles. The lowest BCUT2D eigenvalue weighted by Gasteiger charge is -2.33. The molecule has 1 amide bonds. The van der Waals surface area contributed by atoms with Gasteiger partial charge in [0.15, 0.2) is 0 Å². The van der Waals surface area contributed by atoms with E-state index >= 15 is 0 Å². The van der Waals surface area contributed by atoms with Crippen LogP contribution in [0.2, 0.25) is 5.02 Å². The van der Waals surface area contributed by atoms with Crippen LogP contribution in [0, 0.1) is 0 Å². The fourth-order valence-corrected chi connectivity index (χ4v) is 3.37. The van der Waals surface area contributed by atoms with Gasteiger partial charge in [0, 0.05) is 5.02 Å². The smallest absolute Gasteiger partial charge is 0.242 e. The zero-order valence-electron chi connectivity index (χ0n) is 14.4. The number of halogens is 2. The molecule has 0 heterocycles. The van der Waals surface area contributed by atoms with Crippen molar-refractivity contribution in [1.82, 2.24) is 0 Å². The van der Waals surface area contributed by atoms with Gasteiger partial charge in [-0.15, -0.1) is 11.6 Å². The third-order valence-electron chi connectivity index (χ3n) is 4.31. The van der Waals surface area contributed by atoms with Crippen molar-refractivity contribution in [1.29, 1.82) is 0 Å². The minimum absolute atomic E-state index is 0.0495. The Balaban J connectivity index is 2.60. The van der Waals surface area contributed by atoms with E-state index in [2.05, 4.69) is 32.0 Å². The molecule has 4 heteroatoms. The Morgan fingerprint density at radius 3 is 2.17 bits per heavy atom. The lowest BCUT2D eigenvalue weighted by atomic mass is 9.98. The van der Waals surface area contributed by atoms with Crippen molar-refractivity contribution in [2.24, 2.45) is 0 Å². The molecule has 1 atom stereocenters. The molecule has 24 heavy (non-hydrogen) atoms. The standard InChI is InChI=1S/C20H23Cl2NO/c1-4-15-8-6-9-16(5-2)20(15)23(19(24)13-21)14(3)17-10-7-11-18(22)12-17/h6-12,14H,4-5,13H2,1-3H3. The van der Waals surface area contributed by atoms with Crippen molar-refractivity contribution in [3.8, 4) is 0 Å². The number of carbonyl (C=O) groups is 1. The summed E-state index contributed by atoms with van der Waals surface area (Å²) in [6.45, 7) is 6.22. The second kappa shape index (κ2) is 8.55. The summed E-state index contributed by atoms with van der Waals surface area (Å²) in [6, 6.07) is 13.7. The van der Waals surface area contributed by atoms with Crippen LogP contribution in [0.3, 0.4) is 0 Å². The van der Waals surface area contributed by atoms with E-state index in [-0.39, 0.29) is 17.8 Å². The van der Waals surface area contributed by atoms with E-state index in [0.717, 1.165) is 35.2 Å². The molecular weight excluding hydrogens is 341 g/mol. The van der Waals surface area contributed by atoms with Crippen molar-refractivity contribution in [3.63, 3.8) is 0 Å². The first-order valence-electron chi connectivity index (χ1n) is 8.27. The molecule has 2 aromatic rings. The number of anilines is 1. The number of alkyl halides is 1. The number of hydrogen-bond donors (Lipinski definition) is 0. The van der Waals surface area contributed by atoms with Gasteiger partial charge in [0.1, 0.15) is 5.88 Å². The van der Waals surface area contributed by atoms with Crippen LogP contribution in [0.5, 0.6) is 0 Å². The van der Waals surface area contributed by atoms with Gasteiger partial charge in [-0.1, -0.05) is 55.8 Å². The van der Waals surface area contributed by atoms with Crippen molar-refractivity contribution < 1.29 is 4.79 Å². The van der Waals surface area contributed by atoms with Gasteiger partial charge in [0.25, 0.3) is 0 Å². The summed E-state index contributed by atoms with van der Waals surface area (Å²) in [5, 5.41) is 0.664. The molecule has 0 spiro atoms. The van der Waals surface area contributed by atoms with E-state index in [9.17, 15) is 4.79 Å². The second-order valence-corrected chi connectivity index (χ2v) is 6.46. The van der Waals surface area contributed by atoms with E-state index in [1.54, 1.807) is 0 Å². The van der Waals surface area contributed by atoms with E-state index in [4.69, 9.17) is 23.2 Å². The van der Waals surface area contributed by atoms with Crippen LogP contribution < -0.4 is 4.90 Å². The number of carbonyl (C=O) groups excluding carboxylic acids is 1. The van der Waals surface area contributed by atoms with Crippen LogP contribution in [0.1, 0.15) is 43.5 Å². The zero-order valence-corrected chi connectivity index (χ0v) is 15.9. The molecule has 128 valence electrons.